The molecule has 3 amide bonds. The van der Waals surface area contributed by atoms with Gasteiger partial charge in [0.15, 0.2) is 0 Å². The van der Waals surface area contributed by atoms with E-state index in [9.17, 15) is 19.5 Å². The van der Waals surface area contributed by atoms with Gasteiger partial charge in [-0.25, -0.2) is 4.79 Å². The summed E-state index contributed by atoms with van der Waals surface area (Å²) in [5, 5.41) is 15.5. The first-order valence-electron chi connectivity index (χ1n) is 14.4. The normalized spacial score (nSPS) is 12.6. The Balaban J connectivity index is 2.05. The number of para-hydroxylation sites is 1. The minimum atomic E-state index is -1.03. The second-order valence-electron chi connectivity index (χ2n) is 11.4. The van der Waals surface area contributed by atoms with Gasteiger partial charge in [-0.3, -0.25) is 9.59 Å². The number of benzene rings is 3. The summed E-state index contributed by atoms with van der Waals surface area (Å²) in [5.74, 6) is -0.672. The van der Waals surface area contributed by atoms with Crippen molar-refractivity contribution in [2.45, 2.75) is 78.5 Å². The lowest BCUT2D eigenvalue weighted by Crippen LogP contribution is -2.53. The van der Waals surface area contributed by atoms with Gasteiger partial charge in [0.25, 0.3) is 5.91 Å². The van der Waals surface area contributed by atoms with Gasteiger partial charge in [0.05, 0.1) is 0 Å². The molecule has 0 aromatic heterocycles. The molecule has 2 atom stereocenters. The predicted octanol–water partition coefficient (Wildman–Crippen LogP) is 6.32. The van der Waals surface area contributed by atoms with E-state index in [1.165, 1.54) is 17.0 Å². The molecule has 0 saturated carbocycles. The predicted molar refractivity (Wildman–Crippen MR) is 165 cm³/mol. The third-order valence-corrected chi connectivity index (χ3v) is 6.78. The molecule has 224 valence electrons. The Labute approximate surface area is 249 Å². The molecule has 2 unspecified atom stereocenters. The Bertz CT molecular complexity index is 1350. The monoisotopic (exact) mass is 573 g/mol. The van der Waals surface area contributed by atoms with Crippen LogP contribution in [0.1, 0.15) is 69.3 Å². The van der Waals surface area contributed by atoms with E-state index in [1.54, 1.807) is 32.9 Å². The maximum Gasteiger partial charge on any atom is 0.408 e. The second-order valence-corrected chi connectivity index (χ2v) is 11.4. The van der Waals surface area contributed by atoms with Crippen molar-refractivity contribution in [3.05, 3.63) is 95.1 Å². The first kappa shape index (κ1) is 32.2. The summed E-state index contributed by atoms with van der Waals surface area (Å²) in [6, 6.07) is 19.6. The maximum atomic E-state index is 14.4. The lowest BCUT2D eigenvalue weighted by Gasteiger charge is -2.34. The molecule has 3 aromatic rings. The third-order valence-electron chi connectivity index (χ3n) is 6.78. The molecule has 0 heterocycles. The molecular weight excluding hydrogens is 530 g/mol. The number of hydrogen-bond acceptors (Lipinski definition) is 5. The average Bonchev–Trinajstić information content (AvgIpc) is 2.94. The number of aromatic hydroxyl groups is 1. The number of phenols is 1. The van der Waals surface area contributed by atoms with Crippen LogP contribution in [0.2, 0.25) is 0 Å². The standard InChI is InChI=1S/C34H43N3O5/c1-7-21-37(32(40)29(36-33(41)42-34(4,5)6)22-25-15-19-27(38)20-16-25)30(26-17-13-24(8-2)14-18-26)31(39)35-28-12-10-9-11-23(28)3/h9-20,29-30,38H,7-8,21-22H2,1-6H3,(H,35,39)(H,36,41). The quantitative estimate of drug-likeness (QED) is 0.249. The summed E-state index contributed by atoms with van der Waals surface area (Å²) in [6.07, 6.45) is 0.835. The van der Waals surface area contributed by atoms with Crippen LogP contribution in [-0.2, 0) is 27.2 Å². The van der Waals surface area contributed by atoms with E-state index in [-0.39, 0.29) is 24.6 Å². The highest BCUT2D eigenvalue weighted by atomic mass is 16.6. The van der Waals surface area contributed by atoms with Crippen molar-refractivity contribution >= 4 is 23.6 Å². The zero-order valence-electron chi connectivity index (χ0n) is 25.4. The van der Waals surface area contributed by atoms with Crippen LogP contribution in [0.3, 0.4) is 0 Å². The van der Waals surface area contributed by atoms with Crippen LogP contribution in [0.4, 0.5) is 10.5 Å². The van der Waals surface area contributed by atoms with Crippen molar-refractivity contribution in [2.75, 3.05) is 11.9 Å². The van der Waals surface area contributed by atoms with E-state index in [0.29, 0.717) is 17.7 Å². The van der Waals surface area contributed by atoms with Crippen molar-refractivity contribution in [3.8, 4) is 5.75 Å². The van der Waals surface area contributed by atoms with Gasteiger partial charge in [-0.1, -0.05) is 68.4 Å². The highest BCUT2D eigenvalue weighted by molar-refractivity contribution is 5.99. The zero-order chi connectivity index (χ0) is 30.9. The maximum absolute atomic E-state index is 14.4. The molecule has 0 spiro atoms. The number of nitrogens with one attached hydrogen (secondary N) is 2. The number of rotatable bonds is 11. The SMILES string of the molecule is CCCN(C(=O)C(Cc1ccc(O)cc1)NC(=O)OC(C)(C)C)C(C(=O)Nc1ccccc1C)c1ccc(CC)cc1. The summed E-state index contributed by atoms with van der Waals surface area (Å²) in [5.41, 5.74) is 3.30. The van der Waals surface area contributed by atoms with Gasteiger partial charge >= 0.3 is 6.09 Å². The zero-order valence-corrected chi connectivity index (χ0v) is 25.4. The van der Waals surface area contributed by atoms with Gasteiger partial charge < -0.3 is 25.4 Å². The Kier molecular flexibility index (Phi) is 11.1. The minimum Gasteiger partial charge on any atom is -0.508 e. The topological polar surface area (TPSA) is 108 Å². The number of nitrogens with zero attached hydrogens (tertiary/aromatic N) is 1. The molecule has 0 aliphatic heterocycles. The van der Waals surface area contributed by atoms with Gasteiger partial charge in [-0.05, 0) is 81.0 Å². The van der Waals surface area contributed by atoms with E-state index < -0.39 is 29.7 Å². The number of anilines is 1. The minimum absolute atomic E-state index is 0.0952. The second kappa shape index (κ2) is 14.5. The third kappa shape index (κ3) is 9.09. The molecule has 3 aromatic carbocycles. The summed E-state index contributed by atoms with van der Waals surface area (Å²) in [7, 11) is 0. The highest BCUT2D eigenvalue weighted by Gasteiger charge is 2.36. The number of hydrogen-bond donors (Lipinski definition) is 3. The van der Waals surface area contributed by atoms with Crippen molar-refractivity contribution < 1.29 is 24.2 Å². The number of carbonyl (C=O) groups is 3. The van der Waals surface area contributed by atoms with Crippen molar-refractivity contribution in [1.82, 2.24) is 10.2 Å². The number of carbonyl (C=O) groups excluding carboxylic acids is 3. The van der Waals surface area contributed by atoms with Crippen LogP contribution >= 0.6 is 0 Å². The van der Waals surface area contributed by atoms with Gasteiger partial charge in [-0.2, -0.15) is 0 Å². The van der Waals surface area contributed by atoms with Crippen molar-refractivity contribution in [2.24, 2.45) is 0 Å². The van der Waals surface area contributed by atoms with Crippen LogP contribution in [0.5, 0.6) is 5.75 Å². The molecule has 8 nitrogen and oxygen atoms in total. The lowest BCUT2D eigenvalue weighted by molar-refractivity contribution is -0.140. The van der Waals surface area contributed by atoms with E-state index in [1.807, 2.05) is 62.4 Å². The lowest BCUT2D eigenvalue weighted by atomic mass is 9.98. The largest absolute Gasteiger partial charge is 0.508 e. The highest BCUT2D eigenvalue weighted by Crippen LogP contribution is 2.27. The number of amides is 3. The van der Waals surface area contributed by atoms with Crippen LogP contribution in [-0.4, -0.2) is 46.1 Å². The first-order valence-corrected chi connectivity index (χ1v) is 14.4. The smallest absolute Gasteiger partial charge is 0.408 e. The molecule has 0 fully saturated rings. The van der Waals surface area contributed by atoms with Gasteiger partial charge in [0.2, 0.25) is 5.91 Å². The van der Waals surface area contributed by atoms with Crippen LogP contribution < -0.4 is 10.6 Å². The molecule has 0 radical (unpaired) electrons. The van der Waals surface area contributed by atoms with Crippen LogP contribution in [0.15, 0.2) is 72.8 Å². The molecule has 8 heteroatoms. The molecule has 0 aliphatic carbocycles. The Morgan fingerprint density at radius 2 is 1.52 bits per heavy atom. The van der Waals surface area contributed by atoms with E-state index in [2.05, 4.69) is 17.6 Å². The van der Waals surface area contributed by atoms with E-state index >= 15 is 0 Å². The average molecular weight is 574 g/mol. The van der Waals surface area contributed by atoms with E-state index in [0.717, 1.165) is 23.1 Å². The summed E-state index contributed by atoms with van der Waals surface area (Å²) in [4.78, 5) is 42.9. The summed E-state index contributed by atoms with van der Waals surface area (Å²) >= 11 is 0. The van der Waals surface area contributed by atoms with Crippen molar-refractivity contribution in [1.29, 1.82) is 0 Å². The van der Waals surface area contributed by atoms with Gasteiger partial charge in [-0.15, -0.1) is 0 Å². The molecular formula is C34H43N3O5. The van der Waals surface area contributed by atoms with Crippen LogP contribution in [0, 0.1) is 6.92 Å². The molecule has 3 rings (SSSR count). The van der Waals surface area contributed by atoms with Crippen molar-refractivity contribution in [3.63, 3.8) is 0 Å². The number of aryl methyl sites for hydroxylation is 2. The molecule has 3 N–H and O–H groups in total. The number of alkyl carbamates (subject to hydrolysis) is 1. The number of ether oxygens (including phenoxy) is 1. The first-order chi connectivity index (χ1) is 19.9. The Morgan fingerprint density at radius 3 is 2.10 bits per heavy atom. The van der Waals surface area contributed by atoms with E-state index in [4.69, 9.17) is 4.74 Å². The molecule has 0 aliphatic rings. The van der Waals surface area contributed by atoms with Gasteiger partial charge in [0.1, 0.15) is 23.4 Å². The molecule has 0 bridgehead atoms. The Morgan fingerprint density at radius 1 is 0.905 bits per heavy atom. The number of phenolic OH excluding ortho intramolecular Hbond substituents is 1. The summed E-state index contributed by atoms with van der Waals surface area (Å²) in [6.45, 7) is 11.4. The fourth-order valence-electron chi connectivity index (χ4n) is 4.65. The summed E-state index contributed by atoms with van der Waals surface area (Å²) < 4.78 is 5.49. The fraction of sp³-hybridized carbons (Fsp3) is 0.382. The molecule has 0 saturated heterocycles. The Hall–Kier alpha value is -4.33. The molecule has 42 heavy (non-hydrogen) atoms. The fourth-order valence-corrected chi connectivity index (χ4v) is 4.65. The van der Waals surface area contributed by atoms with Gasteiger partial charge in [0, 0.05) is 18.7 Å². The van der Waals surface area contributed by atoms with Crippen LogP contribution in [0.25, 0.3) is 0 Å².